The summed E-state index contributed by atoms with van der Waals surface area (Å²) >= 11 is 0. The van der Waals surface area contributed by atoms with Crippen molar-refractivity contribution in [3.05, 3.63) is 0 Å². The van der Waals surface area contributed by atoms with Crippen LogP contribution in [0.2, 0.25) is 0 Å². The molecule has 5 heteroatoms. The van der Waals surface area contributed by atoms with E-state index < -0.39 is 24.7 Å². The molecule has 66 valence electrons. The van der Waals surface area contributed by atoms with Crippen LogP contribution in [0.4, 0.5) is 0 Å². The van der Waals surface area contributed by atoms with Gasteiger partial charge in [-0.2, -0.15) is 0 Å². The quantitative estimate of drug-likeness (QED) is 0.450. The van der Waals surface area contributed by atoms with Crippen LogP contribution in [0.5, 0.6) is 0 Å². The van der Waals surface area contributed by atoms with Crippen molar-refractivity contribution >= 4 is 0 Å². The number of ether oxygens (including phenoxy) is 2. The average Bonchev–Trinajstić information content (AvgIpc) is 2.30. The molecule has 0 saturated carbocycles. The van der Waals surface area contributed by atoms with Crippen molar-refractivity contribution in [3.8, 4) is 0 Å². The molecule has 0 unspecified atom stereocenters. The van der Waals surface area contributed by atoms with Crippen LogP contribution in [0.25, 0.3) is 0 Å². The standard InChI is InChI=1S/C6H13NO4/c1-10-5-3(8)4(9)6(7-5)11-2/h3-9H,1-2H3/t3-,4-,5-,6-/m1/s1. The molecule has 4 atom stereocenters. The van der Waals surface area contributed by atoms with Gasteiger partial charge in [0.15, 0.2) is 0 Å². The fourth-order valence-electron chi connectivity index (χ4n) is 1.13. The number of hydrogen-bond acceptors (Lipinski definition) is 5. The number of aliphatic hydroxyl groups excluding tert-OH is 2. The van der Waals surface area contributed by atoms with Gasteiger partial charge < -0.3 is 19.7 Å². The van der Waals surface area contributed by atoms with E-state index in [1.807, 2.05) is 0 Å². The molecule has 0 aromatic rings. The van der Waals surface area contributed by atoms with Crippen LogP contribution in [0.15, 0.2) is 0 Å². The molecule has 1 fully saturated rings. The minimum Gasteiger partial charge on any atom is -0.386 e. The molecule has 11 heavy (non-hydrogen) atoms. The third kappa shape index (κ3) is 1.52. The Morgan fingerprint density at radius 3 is 1.55 bits per heavy atom. The van der Waals surface area contributed by atoms with Gasteiger partial charge in [-0.15, -0.1) is 0 Å². The predicted octanol–water partition coefficient (Wildman–Crippen LogP) is -1.74. The van der Waals surface area contributed by atoms with Crippen LogP contribution >= 0.6 is 0 Å². The first-order valence-electron chi connectivity index (χ1n) is 3.38. The van der Waals surface area contributed by atoms with Gasteiger partial charge in [0, 0.05) is 14.2 Å². The van der Waals surface area contributed by atoms with Crippen LogP contribution in [0.1, 0.15) is 0 Å². The molecule has 0 aromatic heterocycles. The first-order chi connectivity index (χ1) is 5.20. The second kappa shape index (κ2) is 3.46. The van der Waals surface area contributed by atoms with E-state index in [1.165, 1.54) is 14.2 Å². The summed E-state index contributed by atoms with van der Waals surface area (Å²) in [5, 5.41) is 21.2. The molecular weight excluding hydrogens is 150 g/mol. The zero-order chi connectivity index (χ0) is 8.43. The van der Waals surface area contributed by atoms with Gasteiger partial charge in [0.05, 0.1) is 0 Å². The molecular formula is C6H13NO4. The van der Waals surface area contributed by atoms with E-state index >= 15 is 0 Å². The predicted molar refractivity (Wildman–Crippen MR) is 36.7 cm³/mol. The molecule has 1 aliphatic rings. The van der Waals surface area contributed by atoms with E-state index in [2.05, 4.69) is 5.32 Å². The Kier molecular flexibility index (Phi) is 2.80. The zero-order valence-corrected chi connectivity index (χ0v) is 6.52. The van der Waals surface area contributed by atoms with Crippen LogP contribution < -0.4 is 5.32 Å². The zero-order valence-electron chi connectivity index (χ0n) is 6.52. The Morgan fingerprint density at radius 1 is 1.00 bits per heavy atom. The monoisotopic (exact) mass is 163 g/mol. The fraction of sp³-hybridized carbons (Fsp3) is 1.00. The second-order valence-electron chi connectivity index (χ2n) is 2.46. The molecule has 0 radical (unpaired) electrons. The molecule has 5 nitrogen and oxygen atoms in total. The normalized spacial score (nSPS) is 44.7. The fourth-order valence-corrected chi connectivity index (χ4v) is 1.13. The summed E-state index contributed by atoms with van der Waals surface area (Å²) in [6, 6.07) is 0. The molecule has 0 amide bonds. The van der Waals surface area contributed by atoms with E-state index in [9.17, 15) is 10.2 Å². The van der Waals surface area contributed by atoms with Crippen LogP contribution in [0.3, 0.4) is 0 Å². The molecule has 0 spiro atoms. The van der Waals surface area contributed by atoms with Crippen molar-refractivity contribution < 1.29 is 19.7 Å². The Morgan fingerprint density at radius 2 is 1.36 bits per heavy atom. The highest BCUT2D eigenvalue weighted by molar-refractivity contribution is 4.88. The maximum absolute atomic E-state index is 9.24. The van der Waals surface area contributed by atoms with Crippen molar-refractivity contribution in [1.82, 2.24) is 5.32 Å². The summed E-state index contributed by atoms with van der Waals surface area (Å²) in [4.78, 5) is 0. The maximum atomic E-state index is 9.24. The van der Waals surface area contributed by atoms with Crippen molar-refractivity contribution in [3.63, 3.8) is 0 Å². The lowest BCUT2D eigenvalue weighted by atomic mass is 10.2. The van der Waals surface area contributed by atoms with Gasteiger partial charge in [0.25, 0.3) is 0 Å². The van der Waals surface area contributed by atoms with Crippen molar-refractivity contribution in [2.24, 2.45) is 0 Å². The highest BCUT2D eigenvalue weighted by atomic mass is 16.5. The van der Waals surface area contributed by atoms with E-state index in [0.717, 1.165) is 0 Å². The Bertz CT molecular complexity index is 114. The summed E-state index contributed by atoms with van der Waals surface area (Å²) in [5.74, 6) is 0. The number of rotatable bonds is 2. The largest absolute Gasteiger partial charge is 0.386 e. The number of methoxy groups -OCH3 is 2. The number of nitrogens with one attached hydrogen (secondary N) is 1. The van der Waals surface area contributed by atoms with Crippen LogP contribution in [-0.4, -0.2) is 49.1 Å². The third-order valence-electron chi connectivity index (χ3n) is 1.81. The molecule has 0 bridgehead atoms. The molecule has 0 aromatic carbocycles. The Labute approximate surface area is 64.9 Å². The number of aliphatic hydroxyl groups is 2. The van der Waals surface area contributed by atoms with Gasteiger partial charge in [-0.25, -0.2) is 0 Å². The summed E-state index contributed by atoms with van der Waals surface area (Å²) in [5.41, 5.74) is 0. The van der Waals surface area contributed by atoms with E-state index in [0.29, 0.717) is 0 Å². The highest BCUT2D eigenvalue weighted by Crippen LogP contribution is 2.14. The third-order valence-corrected chi connectivity index (χ3v) is 1.81. The lowest BCUT2D eigenvalue weighted by molar-refractivity contribution is -0.0582. The minimum atomic E-state index is -0.926. The average molecular weight is 163 g/mol. The maximum Gasteiger partial charge on any atom is 0.138 e. The lowest BCUT2D eigenvalue weighted by Crippen LogP contribution is -2.35. The summed E-state index contributed by atoms with van der Waals surface area (Å²) in [6.07, 6.45) is -2.94. The molecule has 0 aliphatic carbocycles. The summed E-state index contributed by atoms with van der Waals surface area (Å²) < 4.78 is 9.65. The van der Waals surface area contributed by atoms with E-state index in [-0.39, 0.29) is 0 Å². The van der Waals surface area contributed by atoms with Crippen molar-refractivity contribution in [2.45, 2.75) is 24.7 Å². The van der Waals surface area contributed by atoms with E-state index in [1.54, 1.807) is 0 Å². The highest BCUT2D eigenvalue weighted by Gasteiger charge is 2.41. The second-order valence-corrected chi connectivity index (χ2v) is 2.46. The van der Waals surface area contributed by atoms with Gasteiger partial charge in [-0.05, 0) is 0 Å². The van der Waals surface area contributed by atoms with Gasteiger partial charge in [-0.3, -0.25) is 5.32 Å². The molecule has 1 rings (SSSR count). The molecule has 1 saturated heterocycles. The Balaban J connectivity index is 2.53. The summed E-state index contributed by atoms with van der Waals surface area (Å²) in [7, 11) is 2.90. The molecule has 1 heterocycles. The van der Waals surface area contributed by atoms with Gasteiger partial charge in [-0.1, -0.05) is 0 Å². The smallest absolute Gasteiger partial charge is 0.138 e. The van der Waals surface area contributed by atoms with Gasteiger partial charge in [0.2, 0.25) is 0 Å². The van der Waals surface area contributed by atoms with Gasteiger partial charge in [0.1, 0.15) is 24.7 Å². The first-order valence-corrected chi connectivity index (χ1v) is 3.38. The number of hydrogen-bond donors (Lipinski definition) is 3. The lowest BCUT2D eigenvalue weighted by Gasteiger charge is -2.12. The summed E-state index contributed by atoms with van der Waals surface area (Å²) in [6.45, 7) is 0. The minimum absolute atomic E-state index is 0.546. The van der Waals surface area contributed by atoms with Crippen molar-refractivity contribution in [1.29, 1.82) is 0 Å². The first kappa shape index (κ1) is 8.89. The van der Waals surface area contributed by atoms with Crippen LogP contribution in [0, 0.1) is 0 Å². The van der Waals surface area contributed by atoms with Gasteiger partial charge >= 0.3 is 0 Å². The van der Waals surface area contributed by atoms with Crippen LogP contribution in [-0.2, 0) is 9.47 Å². The molecule has 3 N–H and O–H groups in total. The topological polar surface area (TPSA) is 71.0 Å². The SMILES string of the molecule is CO[C@H]1N[C@H](OC)[C@H](O)[C@H]1O. The van der Waals surface area contributed by atoms with Crippen molar-refractivity contribution in [2.75, 3.05) is 14.2 Å². The van der Waals surface area contributed by atoms with E-state index in [4.69, 9.17) is 9.47 Å². The Hall–Kier alpha value is -0.200. The molecule has 1 aliphatic heterocycles.